The molecule has 2 aliphatic heterocycles. The monoisotopic (exact) mass is 502 g/mol. The highest BCUT2D eigenvalue weighted by molar-refractivity contribution is 7.91. The number of carbonyl (C=O) groups excluding carboxylic acids is 4. The fourth-order valence-electron chi connectivity index (χ4n) is 3.88. The number of benzene rings is 2. The van der Waals surface area contributed by atoms with E-state index in [0.29, 0.717) is 12.8 Å². The van der Waals surface area contributed by atoms with E-state index in [9.17, 15) is 27.6 Å². The first kappa shape index (κ1) is 24.4. The van der Waals surface area contributed by atoms with Crippen molar-refractivity contribution in [3.8, 4) is 0 Å². The summed E-state index contributed by atoms with van der Waals surface area (Å²) in [6, 6.07) is 7.96. The van der Waals surface area contributed by atoms with Crippen molar-refractivity contribution in [2.24, 2.45) is 0 Å². The fraction of sp³-hybridized carbons (Fsp3) is 0.333. The molecule has 0 amide bonds. The quantitative estimate of drug-likeness (QED) is 0.492. The Balaban J connectivity index is 1.79. The average Bonchev–Trinajstić information content (AvgIpc) is 3.30. The molecule has 11 heteroatoms. The number of rotatable bonds is 8. The van der Waals surface area contributed by atoms with E-state index in [1.807, 2.05) is 0 Å². The normalized spacial score (nSPS) is 18.3. The summed E-state index contributed by atoms with van der Waals surface area (Å²) in [5.41, 5.74) is -0.380. The van der Waals surface area contributed by atoms with Gasteiger partial charge in [-0.3, -0.25) is 9.59 Å². The molecule has 0 radical (unpaired) electrons. The summed E-state index contributed by atoms with van der Waals surface area (Å²) in [7, 11) is -4.45. The molecule has 2 atom stereocenters. The Morgan fingerprint density at radius 1 is 0.829 bits per heavy atom. The maximum atomic E-state index is 13.8. The van der Waals surface area contributed by atoms with E-state index < -0.39 is 51.2 Å². The fourth-order valence-corrected chi connectivity index (χ4v) is 5.60. The predicted molar refractivity (Wildman–Crippen MR) is 117 cm³/mol. The molecular weight excluding hydrogens is 480 g/mol. The second kappa shape index (κ2) is 9.49. The third-order valence-electron chi connectivity index (χ3n) is 5.43. The van der Waals surface area contributed by atoms with E-state index in [0.717, 1.165) is 0 Å². The van der Waals surface area contributed by atoms with Gasteiger partial charge in [0.2, 0.25) is 9.84 Å². The Labute approximate surface area is 201 Å². The molecule has 0 spiro atoms. The van der Waals surface area contributed by atoms with Crippen LogP contribution < -0.4 is 0 Å². The minimum Gasteiger partial charge on any atom is -0.421 e. The summed E-state index contributed by atoms with van der Waals surface area (Å²) in [5.74, 6) is -3.07. The standard InChI is InChI=1S/C24H22O10S/c1-3-7-17(25)31-23-14-10-6-11-15(19(14)22(28)34-23)35(29,30)16-12-5-9-13-20(16)24(33-21(13)27)32-18(26)8-4-2/h5-6,9-12,23-24H,3-4,7-8H2,1-2H3. The van der Waals surface area contributed by atoms with Gasteiger partial charge < -0.3 is 18.9 Å². The molecule has 0 saturated carbocycles. The van der Waals surface area contributed by atoms with Crippen LogP contribution in [0.25, 0.3) is 0 Å². The molecule has 0 aromatic heterocycles. The van der Waals surface area contributed by atoms with Gasteiger partial charge in [0.25, 0.3) is 12.6 Å². The first-order valence-corrected chi connectivity index (χ1v) is 12.5. The Morgan fingerprint density at radius 2 is 1.40 bits per heavy atom. The summed E-state index contributed by atoms with van der Waals surface area (Å²) in [4.78, 5) is 48.2. The third-order valence-corrected chi connectivity index (χ3v) is 7.28. The molecule has 0 fully saturated rings. The minimum atomic E-state index is -4.45. The van der Waals surface area contributed by atoms with E-state index >= 15 is 0 Å². The van der Waals surface area contributed by atoms with Crippen LogP contribution in [0.1, 0.15) is 84.0 Å². The molecule has 0 bridgehead atoms. The van der Waals surface area contributed by atoms with Gasteiger partial charge in [-0.15, -0.1) is 0 Å². The van der Waals surface area contributed by atoms with Crippen LogP contribution in [0.3, 0.4) is 0 Å². The molecule has 2 aliphatic rings. The largest absolute Gasteiger partial charge is 0.421 e. The Kier molecular flexibility index (Phi) is 6.62. The number of carbonyl (C=O) groups is 4. The Hall–Kier alpha value is -3.73. The van der Waals surface area contributed by atoms with Gasteiger partial charge >= 0.3 is 23.9 Å². The van der Waals surface area contributed by atoms with E-state index in [4.69, 9.17) is 18.9 Å². The van der Waals surface area contributed by atoms with Crippen LogP contribution in [0.4, 0.5) is 0 Å². The van der Waals surface area contributed by atoms with Crippen molar-refractivity contribution in [3.05, 3.63) is 58.7 Å². The van der Waals surface area contributed by atoms with Crippen molar-refractivity contribution in [3.63, 3.8) is 0 Å². The molecule has 2 aromatic rings. The maximum absolute atomic E-state index is 13.8. The van der Waals surface area contributed by atoms with Crippen LogP contribution in [0.15, 0.2) is 46.2 Å². The lowest BCUT2D eigenvalue weighted by molar-refractivity contribution is -0.169. The van der Waals surface area contributed by atoms with Gasteiger partial charge in [0.15, 0.2) is 0 Å². The second-order valence-corrected chi connectivity index (χ2v) is 9.78. The summed E-state index contributed by atoms with van der Waals surface area (Å²) in [6.45, 7) is 3.54. The maximum Gasteiger partial charge on any atom is 0.343 e. The van der Waals surface area contributed by atoms with Crippen LogP contribution >= 0.6 is 0 Å². The van der Waals surface area contributed by atoms with Gasteiger partial charge in [0.1, 0.15) is 0 Å². The van der Waals surface area contributed by atoms with Gasteiger partial charge in [-0.1, -0.05) is 32.0 Å². The highest BCUT2D eigenvalue weighted by Gasteiger charge is 2.43. The summed E-state index contributed by atoms with van der Waals surface area (Å²) in [6.07, 6.45) is -1.77. The molecule has 184 valence electrons. The zero-order valence-corrected chi connectivity index (χ0v) is 19.8. The highest BCUT2D eigenvalue weighted by atomic mass is 32.2. The summed E-state index contributed by atoms with van der Waals surface area (Å²) >= 11 is 0. The van der Waals surface area contributed by atoms with Crippen LogP contribution in [0.2, 0.25) is 0 Å². The van der Waals surface area contributed by atoms with Gasteiger partial charge in [-0.2, -0.15) is 0 Å². The van der Waals surface area contributed by atoms with Gasteiger partial charge in [-0.25, -0.2) is 18.0 Å². The first-order chi connectivity index (χ1) is 16.7. The molecular formula is C24H22O10S. The lowest BCUT2D eigenvalue weighted by Crippen LogP contribution is -2.15. The molecule has 10 nitrogen and oxygen atoms in total. The smallest absolute Gasteiger partial charge is 0.343 e. The molecule has 0 N–H and O–H groups in total. The second-order valence-electron chi connectivity index (χ2n) is 7.90. The molecule has 0 aliphatic carbocycles. The van der Waals surface area contributed by atoms with Crippen LogP contribution in [-0.4, -0.2) is 32.3 Å². The van der Waals surface area contributed by atoms with E-state index in [1.54, 1.807) is 13.8 Å². The number of esters is 4. The van der Waals surface area contributed by atoms with Gasteiger partial charge in [0.05, 0.1) is 26.5 Å². The lowest BCUT2D eigenvalue weighted by Gasteiger charge is -2.16. The van der Waals surface area contributed by atoms with Crippen molar-refractivity contribution >= 4 is 33.7 Å². The van der Waals surface area contributed by atoms with E-state index in [-0.39, 0.29) is 40.0 Å². The predicted octanol–water partition coefficient (Wildman–Crippen LogP) is 3.54. The lowest BCUT2D eigenvalue weighted by atomic mass is 10.1. The molecule has 4 rings (SSSR count). The topological polar surface area (TPSA) is 139 Å². The zero-order chi connectivity index (χ0) is 25.3. The SMILES string of the molecule is CCCC(=O)OC1OC(=O)c2c1cccc2S(=O)(=O)c1cccc2c1C(OC(=O)CCC)OC2=O. The molecule has 2 aromatic carbocycles. The number of sulfone groups is 1. The van der Waals surface area contributed by atoms with Crippen LogP contribution in [0, 0.1) is 0 Å². The number of cyclic esters (lactones) is 2. The van der Waals surface area contributed by atoms with E-state index in [1.165, 1.54) is 36.4 Å². The zero-order valence-electron chi connectivity index (χ0n) is 18.9. The van der Waals surface area contributed by atoms with E-state index in [2.05, 4.69) is 0 Å². The Bertz CT molecular complexity index is 1330. The van der Waals surface area contributed by atoms with Crippen LogP contribution in [0.5, 0.6) is 0 Å². The number of hydrogen-bond donors (Lipinski definition) is 0. The number of hydrogen-bond acceptors (Lipinski definition) is 10. The summed E-state index contributed by atoms with van der Waals surface area (Å²) in [5, 5.41) is 0. The van der Waals surface area contributed by atoms with Crippen molar-refractivity contribution in [1.82, 2.24) is 0 Å². The molecule has 35 heavy (non-hydrogen) atoms. The van der Waals surface area contributed by atoms with Gasteiger partial charge in [0, 0.05) is 18.4 Å². The van der Waals surface area contributed by atoms with Crippen molar-refractivity contribution < 1.29 is 46.5 Å². The number of ether oxygens (including phenoxy) is 4. The summed E-state index contributed by atoms with van der Waals surface area (Å²) < 4.78 is 48.2. The first-order valence-electron chi connectivity index (χ1n) is 11.0. The van der Waals surface area contributed by atoms with Crippen molar-refractivity contribution in [2.45, 2.75) is 61.9 Å². The van der Waals surface area contributed by atoms with Gasteiger partial charge in [-0.05, 0) is 31.0 Å². The van der Waals surface area contributed by atoms with Crippen molar-refractivity contribution in [1.29, 1.82) is 0 Å². The molecule has 0 saturated heterocycles. The average molecular weight is 502 g/mol. The number of fused-ring (bicyclic) bond motifs is 2. The minimum absolute atomic E-state index is 0.0501. The highest BCUT2D eigenvalue weighted by Crippen LogP contribution is 2.42. The molecule has 2 unspecified atom stereocenters. The molecule has 2 heterocycles. The van der Waals surface area contributed by atoms with Crippen molar-refractivity contribution in [2.75, 3.05) is 0 Å². The Morgan fingerprint density at radius 3 is 2.06 bits per heavy atom. The van der Waals surface area contributed by atoms with Crippen LogP contribution in [-0.2, 0) is 38.4 Å². The third kappa shape index (κ3) is 4.39.